The van der Waals surface area contributed by atoms with Gasteiger partial charge in [0.05, 0.1) is 5.54 Å². The molecular weight excluding hydrogens is 208 g/mol. The maximum absolute atomic E-state index is 6.04. The first kappa shape index (κ1) is 12.4. The van der Waals surface area contributed by atoms with Crippen molar-refractivity contribution < 1.29 is 0 Å². The molecule has 94 valence electrons. The van der Waals surface area contributed by atoms with E-state index in [4.69, 9.17) is 5.73 Å². The number of anilines is 1. The summed E-state index contributed by atoms with van der Waals surface area (Å²) >= 11 is 0. The van der Waals surface area contributed by atoms with Gasteiger partial charge in [-0.05, 0) is 37.8 Å². The third-order valence-corrected chi connectivity index (χ3v) is 4.26. The summed E-state index contributed by atoms with van der Waals surface area (Å²) in [4.78, 5) is 0. The van der Waals surface area contributed by atoms with Gasteiger partial charge in [-0.15, -0.1) is 0 Å². The zero-order valence-corrected chi connectivity index (χ0v) is 11.0. The van der Waals surface area contributed by atoms with Crippen LogP contribution in [0.3, 0.4) is 0 Å². The number of aryl methyl sites for hydroxylation is 1. The molecule has 1 aromatic rings. The molecule has 17 heavy (non-hydrogen) atoms. The van der Waals surface area contributed by atoms with Crippen LogP contribution in [-0.2, 0) is 0 Å². The summed E-state index contributed by atoms with van der Waals surface area (Å²) in [7, 11) is 0. The molecule has 1 aliphatic carbocycles. The first-order valence-corrected chi connectivity index (χ1v) is 6.71. The van der Waals surface area contributed by atoms with E-state index in [-0.39, 0.29) is 5.54 Å². The molecule has 0 saturated heterocycles. The third-order valence-electron chi connectivity index (χ3n) is 4.26. The van der Waals surface area contributed by atoms with Gasteiger partial charge >= 0.3 is 0 Å². The molecule has 0 aliphatic heterocycles. The van der Waals surface area contributed by atoms with Crippen molar-refractivity contribution in [3.8, 4) is 0 Å². The van der Waals surface area contributed by atoms with Gasteiger partial charge in [0.15, 0.2) is 0 Å². The van der Waals surface area contributed by atoms with Crippen molar-refractivity contribution in [1.29, 1.82) is 0 Å². The molecule has 2 unspecified atom stereocenters. The van der Waals surface area contributed by atoms with Gasteiger partial charge in [0.2, 0.25) is 0 Å². The van der Waals surface area contributed by atoms with Gasteiger partial charge in [-0.1, -0.05) is 37.5 Å². The largest absolute Gasteiger partial charge is 0.378 e. The molecule has 0 spiro atoms. The lowest BCUT2D eigenvalue weighted by molar-refractivity contribution is 0.235. The Labute approximate surface area is 105 Å². The number of hydrogen-bond acceptors (Lipinski definition) is 2. The van der Waals surface area contributed by atoms with E-state index in [1.165, 1.54) is 36.9 Å². The van der Waals surface area contributed by atoms with Crippen molar-refractivity contribution in [2.75, 3.05) is 11.9 Å². The van der Waals surface area contributed by atoms with Crippen molar-refractivity contribution >= 4 is 5.69 Å². The number of benzene rings is 1. The van der Waals surface area contributed by atoms with Gasteiger partial charge in [-0.25, -0.2) is 0 Å². The van der Waals surface area contributed by atoms with Crippen LogP contribution >= 0.6 is 0 Å². The quantitative estimate of drug-likeness (QED) is 0.839. The molecule has 1 saturated carbocycles. The molecule has 2 nitrogen and oxygen atoms in total. The molecule has 2 heteroatoms. The average Bonchev–Trinajstić information content (AvgIpc) is 2.35. The summed E-state index contributed by atoms with van der Waals surface area (Å²) in [5, 5.41) is 3.70. The Balaban J connectivity index is 2.15. The van der Waals surface area contributed by atoms with E-state index in [1.54, 1.807) is 0 Å². The predicted molar refractivity (Wildman–Crippen MR) is 74.2 cm³/mol. The molecule has 1 aromatic carbocycles. The highest BCUT2D eigenvalue weighted by Crippen LogP contribution is 2.35. The topological polar surface area (TPSA) is 38.0 Å². The zero-order valence-electron chi connectivity index (χ0n) is 11.0. The van der Waals surface area contributed by atoms with Gasteiger partial charge in [0.25, 0.3) is 0 Å². The minimum atomic E-state index is 0.105. The fourth-order valence-corrected chi connectivity index (χ4v) is 2.88. The number of hydrogen-bond donors (Lipinski definition) is 2. The fraction of sp³-hybridized carbons (Fsp3) is 0.600. The van der Waals surface area contributed by atoms with E-state index < -0.39 is 0 Å². The van der Waals surface area contributed by atoms with E-state index in [9.17, 15) is 0 Å². The number of rotatable bonds is 3. The summed E-state index contributed by atoms with van der Waals surface area (Å²) in [6.07, 6.45) is 5.12. The second kappa shape index (κ2) is 5.09. The number of nitrogens with two attached hydrogens (primary N) is 1. The van der Waals surface area contributed by atoms with Crippen LogP contribution in [0, 0.1) is 12.8 Å². The maximum Gasteiger partial charge on any atom is 0.0521 e. The van der Waals surface area contributed by atoms with Crippen molar-refractivity contribution in [2.45, 2.75) is 45.1 Å². The van der Waals surface area contributed by atoms with E-state index in [0.717, 1.165) is 6.54 Å². The van der Waals surface area contributed by atoms with Crippen LogP contribution in [0.4, 0.5) is 5.69 Å². The predicted octanol–water partition coefficient (Wildman–Crippen LogP) is 3.31. The van der Waals surface area contributed by atoms with Crippen molar-refractivity contribution in [3.05, 3.63) is 29.8 Å². The highest BCUT2D eigenvalue weighted by molar-refractivity contribution is 5.47. The molecule has 0 aromatic heterocycles. The molecule has 1 aliphatic rings. The van der Waals surface area contributed by atoms with E-state index >= 15 is 0 Å². The monoisotopic (exact) mass is 232 g/mol. The van der Waals surface area contributed by atoms with Crippen LogP contribution in [0.1, 0.15) is 38.2 Å². The van der Waals surface area contributed by atoms with Crippen molar-refractivity contribution in [1.82, 2.24) is 0 Å². The first-order chi connectivity index (χ1) is 8.16. The number of nitrogens with one attached hydrogen (secondary N) is 1. The molecular formula is C15H24N2. The summed E-state index contributed by atoms with van der Waals surface area (Å²) in [5.74, 6) is 0.655. The Hall–Kier alpha value is -1.02. The summed E-state index contributed by atoms with van der Waals surface area (Å²) < 4.78 is 0. The van der Waals surface area contributed by atoms with Crippen molar-refractivity contribution in [2.24, 2.45) is 11.7 Å². The minimum absolute atomic E-state index is 0.105. The highest BCUT2D eigenvalue weighted by atomic mass is 15.0. The minimum Gasteiger partial charge on any atom is -0.378 e. The Bertz CT molecular complexity index is 358. The second-order valence-electron chi connectivity index (χ2n) is 5.50. The SMILES string of the molecule is Cc1ccc(NC2(CN)CCCCC2C)cc1. The van der Waals surface area contributed by atoms with Gasteiger partial charge in [-0.3, -0.25) is 0 Å². The molecule has 1 fully saturated rings. The zero-order chi connectivity index (χ0) is 12.3. The van der Waals surface area contributed by atoms with E-state index in [0.29, 0.717) is 5.92 Å². The summed E-state index contributed by atoms with van der Waals surface area (Å²) in [6.45, 7) is 5.17. The lowest BCUT2D eigenvalue weighted by Crippen LogP contribution is -2.52. The van der Waals surface area contributed by atoms with E-state index in [1.807, 2.05) is 0 Å². The van der Waals surface area contributed by atoms with Gasteiger partial charge in [-0.2, -0.15) is 0 Å². The summed E-state index contributed by atoms with van der Waals surface area (Å²) in [5.41, 5.74) is 8.65. The Morgan fingerprint density at radius 1 is 1.29 bits per heavy atom. The van der Waals surface area contributed by atoms with Gasteiger partial charge in [0.1, 0.15) is 0 Å². The van der Waals surface area contributed by atoms with E-state index in [2.05, 4.69) is 43.4 Å². The van der Waals surface area contributed by atoms with Crippen LogP contribution in [-0.4, -0.2) is 12.1 Å². The van der Waals surface area contributed by atoms with Crippen LogP contribution in [0.25, 0.3) is 0 Å². The van der Waals surface area contributed by atoms with Crippen molar-refractivity contribution in [3.63, 3.8) is 0 Å². The van der Waals surface area contributed by atoms with Crippen LogP contribution in [0.5, 0.6) is 0 Å². The van der Waals surface area contributed by atoms with Crippen LogP contribution in [0.15, 0.2) is 24.3 Å². The molecule has 2 rings (SSSR count). The first-order valence-electron chi connectivity index (χ1n) is 6.71. The normalized spacial score (nSPS) is 29.0. The Morgan fingerprint density at radius 2 is 2.00 bits per heavy atom. The van der Waals surface area contributed by atoms with Crippen LogP contribution in [0.2, 0.25) is 0 Å². The molecule has 0 heterocycles. The molecule has 0 radical (unpaired) electrons. The summed E-state index contributed by atoms with van der Waals surface area (Å²) in [6, 6.07) is 8.63. The fourth-order valence-electron chi connectivity index (χ4n) is 2.88. The lowest BCUT2D eigenvalue weighted by atomic mass is 9.73. The Morgan fingerprint density at radius 3 is 2.59 bits per heavy atom. The van der Waals surface area contributed by atoms with Gasteiger partial charge < -0.3 is 11.1 Å². The second-order valence-corrected chi connectivity index (χ2v) is 5.50. The molecule has 2 atom stereocenters. The smallest absolute Gasteiger partial charge is 0.0521 e. The van der Waals surface area contributed by atoms with Crippen LogP contribution < -0.4 is 11.1 Å². The Kier molecular flexibility index (Phi) is 3.72. The molecule has 0 amide bonds. The van der Waals surface area contributed by atoms with Gasteiger partial charge in [0, 0.05) is 12.2 Å². The maximum atomic E-state index is 6.04. The molecule has 3 N–H and O–H groups in total. The molecule has 0 bridgehead atoms. The average molecular weight is 232 g/mol. The lowest BCUT2D eigenvalue weighted by Gasteiger charge is -2.43. The highest BCUT2D eigenvalue weighted by Gasteiger charge is 2.36. The third kappa shape index (κ3) is 2.63. The standard InChI is InChI=1S/C15H24N2/c1-12-6-8-14(9-7-12)17-15(11-16)10-4-3-5-13(15)2/h6-9,13,17H,3-5,10-11,16H2,1-2H3.